The number of benzene rings is 2. The van der Waals surface area contributed by atoms with Gasteiger partial charge in [0.1, 0.15) is 0 Å². The number of anilines is 2. The fourth-order valence-corrected chi connectivity index (χ4v) is 1.82. The third-order valence-electron chi connectivity index (χ3n) is 2.86. The minimum atomic E-state index is -0.486. The van der Waals surface area contributed by atoms with Gasteiger partial charge < -0.3 is 15.8 Å². The van der Waals surface area contributed by atoms with Crippen molar-refractivity contribution in [2.45, 2.75) is 6.92 Å². The zero-order chi connectivity index (χ0) is 14.7. The highest BCUT2D eigenvalue weighted by Crippen LogP contribution is 2.22. The van der Waals surface area contributed by atoms with Crippen LogP contribution in [0.25, 0.3) is 0 Å². The number of ether oxygens (including phenoxy) is 1. The summed E-state index contributed by atoms with van der Waals surface area (Å²) < 4.78 is 18.1. The summed E-state index contributed by atoms with van der Waals surface area (Å²) in [6, 6.07) is 9.28. The number of aryl methyl sites for hydroxylation is 1. The Labute approximate surface area is 116 Å². The molecular weight excluding hydrogens is 259 g/mol. The molecule has 4 nitrogen and oxygen atoms in total. The molecule has 0 heterocycles. The first-order valence-corrected chi connectivity index (χ1v) is 6.02. The average molecular weight is 274 g/mol. The van der Waals surface area contributed by atoms with Crippen molar-refractivity contribution >= 4 is 17.3 Å². The van der Waals surface area contributed by atoms with Crippen molar-refractivity contribution in [2.75, 3.05) is 18.2 Å². The Hall–Kier alpha value is -2.56. The molecule has 0 radical (unpaired) electrons. The fourth-order valence-electron chi connectivity index (χ4n) is 1.82. The molecule has 0 aliphatic rings. The van der Waals surface area contributed by atoms with Crippen LogP contribution in [-0.4, -0.2) is 13.0 Å². The molecule has 0 spiro atoms. The second-order valence-corrected chi connectivity index (χ2v) is 4.39. The van der Waals surface area contributed by atoms with Crippen LogP contribution >= 0.6 is 0 Å². The van der Waals surface area contributed by atoms with E-state index in [1.54, 1.807) is 18.2 Å². The number of carbonyl (C=O) groups is 1. The number of hydrogen-bond donors (Lipinski definition) is 2. The number of nitrogens with two attached hydrogens (primary N) is 1. The molecule has 2 rings (SSSR count). The molecule has 2 aromatic rings. The molecule has 0 aliphatic heterocycles. The number of rotatable bonds is 3. The summed E-state index contributed by atoms with van der Waals surface area (Å²) in [4.78, 5) is 12.1. The summed E-state index contributed by atoms with van der Waals surface area (Å²) >= 11 is 0. The van der Waals surface area contributed by atoms with Gasteiger partial charge in [-0.05, 0) is 36.8 Å². The van der Waals surface area contributed by atoms with E-state index in [9.17, 15) is 9.18 Å². The summed E-state index contributed by atoms with van der Waals surface area (Å²) in [6.45, 7) is 1.89. The SMILES string of the molecule is COc1cc(NC(=O)c2ccc(C)cc2N)ccc1F. The van der Waals surface area contributed by atoms with E-state index in [4.69, 9.17) is 10.5 Å². The van der Waals surface area contributed by atoms with E-state index in [0.29, 0.717) is 16.9 Å². The Bertz CT molecular complexity index is 656. The van der Waals surface area contributed by atoms with Crippen LogP contribution in [0.3, 0.4) is 0 Å². The normalized spacial score (nSPS) is 10.2. The van der Waals surface area contributed by atoms with E-state index >= 15 is 0 Å². The average Bonchev–Trinajstić information content (AvgIpc) is 2.40. The van der Waals surface area contributed by atoms with Crippen LogP contribution in [0.15, 0.2) is 36.4 Å². The smallest absolute Gasteiger partial charge is 0.257 e. The highest BCUT2D eigenvalue weighted by atomic mass is 19.1. The van der Waals surface area contributed by atoms with E-state index < -0.39 is 5.82 Å². The van der Waals surface area contributed by atoms with E-state index in [2.05, 4.69) is 5.32 Å². The Morgan fingerprint density at radius 1 is 1.25 bits per heavy atom. The third-order valence-corrected chi connectivity index (χ3v) is 2.86. The molecule has 0 atom stereocenters. The van der Waals surface area contributed by atoms with Crippen LogP contribution in [0.4, 0.5) is 15.8 Å². The van der Waals surface area contributed by atoms with Crippen LogP contribution in [0.5, 0.6) is 5.75 Å². The first-order valence-electron chi connectivity index (χ1n) is 6.02. The summed E-state index contributed by atoms with van der Waals surface area (Å²) in [6.07, 6.45) is 0. The van der Waals surface area contributed by atoms with E-state index in [0.717, 1.165) is 5.56 Å². The second-order valence-electron chi connectivity index (χ2n) is 4.39. The number of hydrogen-bond acceptors (Lipinski definition) is 3. The van der Waals surface area contributed by atoms with Gasteiger partial charge in [-0.2, -0.15) is 0 Å². The maximum Gasteiger partial charge on any atom is 0.257 e. The number of nitrogen functional groups attached to an aromatic ring is 1. The number of amides is 1. The Balaban J connectivity index is 2.23. The summed E-state index contributed by atoms with van der Waals surface area (Å²) in [5.41, 5.74) is 8.00. The molecule has 0 aromatic heterocycles. The fraction of sp³-hybridized carbons (Fsp3) is 0.133. The van der Waals surface area contributed by atoms with Crippen molar-refractivity contribution in [2.24, 2.45) is 0 Å². The van der Waals surface area contributed by atoms with Crippen LogP contribution in [0, 0.1) is 12.7 Å². The molecule has 1 amide bonds. The topological polar surface area (TPSA) is 64.3 Å². The predicted octanol–water partition coefficient (Wildman–Crippen LogP) is 2.98. The molecule has 2 aromatic carbocycles. The molecule has 0 saturated heterocycles. The lowest BCUT2D eigenvalue weighted by Gasteiger charge is -2.09. The Kier molecular flexibility index (Phi) is 3.89. The molecule has 0 unspecified atom stereocenters. The Morgan fingerprint density at radius 2 is 2.00 bits per heavy atom. The molecule has 0 saturated carbocycles. The largest absolute Gasteiger partial charge is 0.494 e. The maximum atomic E-state index is 13.3. The standard InChI is InChI=1S/C15H15FN2O2/c1-9-3-5-11(13(17)7-9)15(19)18-10-4-6-12(16)14(8-10)20-2/h3-8H,17H2,1-2H3,(H,18,19). The van der Waals surface area contributed by atoms with E-state index in [1.807, 2.05) is 6.92 Å². The lowest BCUT2D eigenvalue weighted by Crippen LogP contribution is -2.14. The molecule has 0 aliphatic carbocycles. The van der Waals surface area contributed by atoms with Gasteiger partial charge >= 0.3 is 0 Å². The van der Waals surface area contributed by atoms with Gasteiger partial charge in [0.2, 0.25) is 0 Å². The van der Waals surface area contributed by atoms with Gasteiger partial charge in [-0.3, -0.25) is 4.79 Å². The van der Waals surface area contributed by atoms with Crippen LogP contribution in [-0.2, 0) is 0 Å². The summed E-state index contributed by atoms with van der Waals surface area (Å²) in [7, 11) is 1.36. The lowest BCUT2D eigenvalue weighted by molar-refractivity contribution is 0.102. The van der Waals surface area contributed by atoms with Crippen molar-refractivity contribution in [3.63, 3.8) is 0 Å². The highest BCUT2D eigenvalue weighted by molar-refractivity contribution is 6.07. The van der Waals surface area contributed by atoms with Gasteiger partial charge in [0.25, 0.3) is 5.91 Å². The highest BCUT2D eigenvalue weighted by Gasteiger charge is 2.11. The number of nitrogens with one attached hydrogen (secondary N) is 1. The maximum absolute atomic E-state index is 13.3. The summed E-state index contributed by atoms with van der Waals surface area (Å²) in [5.74, 6) is -0.767. The summed E-state index contributed by atoms with van der Waals surface area (Å²) in [5, 5.41) is 2.65. The molecule has 104 valence electrons. The first-order chi connectivity index (χ1) is 9.51. The van der Waals surface area contributed by atoms with Crippen molar-refractivity contribution in [1.82, 2.24) is 0 Å². The number of carbonyl (C=O) groups excluding carboxylic acids is 1. The molecule has 20 heavy (non-hydrogen) atoms. The Morgan fingerprint density at radius 3 is 2.65 bits per heavy atom. The van der Waals surface area contributed by atoms with E-state index in [1.165, 1.54) is 25.3 Å². The van der Waals surface area contributed by atoms with Gasteiger partial charge in [0, 0.05) is 17.4 Å². The minimum absolute atomic E-state index is 0.0691. The quantitative estimate of drug-likeness (QED) is 0.846. The predicted molar refractivity (Wildman–Crippen MR) is 76.5 cm³/mol. The lowest BCUT2D eigenvalue weighted by atomic mass is 10.1. The monoisotopic (exact) mass is 274 g/mol. The number of methoxy groups -OCH3 is 1. The van der Waals surface area contributed by atoms with Gasteiger partial charge in [-0.25, -0.2) is 4.39 Å². The van der Waals surface area contributed by atoms with Gasteiger partial charge in [-0.1, -0.05) is 6.07 Å². The molecule has 0 fully saturated rings. The van der Waals surface area contributed by atoms with Crippen molar-refractivity contribution in [1.29, 1.82) is 0 Å². The molecule has 3 N–H and O–H groups in total. The first kappa shape index (κ1) is 13.9. The van der Waals surface area contributed by atoms with Crippen molar-refractivity contribution in [3.05, 3.63) is 53.3 Å². The molecule has 0 bridgehead atoms. The molecule has 5 heteroatoms. The number of halogens is 1. The van der Waals surface area contributed by atoms with Crippen molar-refractivity contribution in [3.8, 4) is 5.75 Å². The molecular formula is C15H15FN2O2. The van der Waals surface area contributed by atoms with Gasteiger partial charge in [-0.15, -0.1) is 0 Å². The zero-order valence-corrected chi connectivity index (χ0v) is 11.2. The van der Waals surface area contributed by atoms with Crippen LogP contribution < -0.4 is 15.8 Å². The minimum Gasteiger partial charge on any atom is -0.494 e. The zero-order valence-electron chi connectivity index (χ0n) is 11.2. The van der Waals surface area contributed by atoms with E-state index in [-0.39, 0.29) is 11.7 Å². The van der Waals surface area contributed by atoms with Crippen molar-refractivity contribution < 1.29 is 13.9 Å². The van der Waals surface area contributed by atoms with Gasteiger partial charge in [0.05, 0.1) is 12.7 Å². The third kappa shape index (κ3) is 2.88. The van der Waals surface area contributed by atoms with Crippen LogP contribution in [0.1, 0.15) is 15.9 Å². The van der Waals surface area contributed by atoms with Gasteiger partial charge in [0.15, 0.2) is 11.6 Å². The second kappa shape index (κ2) is 5.61. The van der Waals surface area contributed by atoms with Crippen LogP contribution in [0.2, 0.25) is 0 Å².